The number of ether oxygens (including phenoxy) is 1. The first-order valence-corrected chi connectivity index (χ1v) is 6.65. The maximum atomic E-state index is 12.3. The van der Waals surface area contributed by atoms with Crippen molar-refractivity contribution in [2.24, 2.45) is 0 Å². The van der Waals surface area contributed by atoms with Crippen LogP contribution in [0.2, 0.25) is 0 Å². The molecule has 0 aliphatic heterocycles. The van der Waals surface area contributed by atoms with Gasteiger partial charge in [0, 0.05) is 5.56 Å². The lowest BCUT2D eigenvalue weighted by Gasteiger charge is -2.09. The van der Waals surface area contributed by atoms with Crippen LogP contribution in [0.3, 0.4) is 0 Å². The van der Waals surface area contributed by atoms with Gasteiger partial charge in [-0.15, -0.1) is 0 Å². The van der Waals surface area contributed by atoms with Gasteiger partial charge in [0.15, 0.2) is 5.76 Å². The van der Waals surface area contributed by atoms with E-state index in [0.717, 1.165) is 0 Å². The van der Waals surface area contributed by atoms with Crippen LogP contribution in [0.25, 0.3) is 22.3 Å². The molecule has 0 unspecified atom stereocenters. The van der Waals surface area contributed by atoms with Gasteiger partial charge in [-0.05, 0) is 30.7 Å². The van der Waals surface area contributed by atoms with Crippen molar-refractivity contribution in [3.63, 3.8) is 0 Å². The topological polar surface area (TPSA) is 79.9 Å². The second-order valence-electron chi connectivity index (χ2n) is 4.95. The highest BCUT2D eigenvalue weighted by Crippen LogP contribution is 2.35. The van der Waals surface area contributed by atoms with E-state index in [2.05, 4.69) is 0 Å². The molecule has 0 bridgehead atoms. The molecule has 0 fully saturated rings. The Morgan fingerprint density at radius 3 is 2.64 bits per heavy atom. The van der Waals surface area contributed by atoms with Crippen molar-refractivity contribution in [1.82, 2.24) is 0 Å². The average Bonchev–Trinajstić information content (AvgIpc) is 2.53. The van der Waals surface area contributed by atoms with Gasteiger partial charge in [-0.1, -0.05) is 18.2 Å². The molecule has 112 valence electrons. The van der Waals surface area contributed by atoms with Crippen LogP contribution in [0.1, 0.15) is 5.56 Å². The van der Waals surface area contributed by atoms with Crippen LogP contribution in [0.15, 0.2) is 45.6 Å². The number of phenols is 1. The predicted molar refractivity (Wildman–Crippen MR) is 82.5 cm³/mol. The molecule has 1 heterocycles. The van der Waals surface area contributed by atoms with Gasteiger partial charge < -0.3 is 19.4 Å². The molecule has 1 aromatic heterocycles. The summed E-state index contributed by atoms with van der Waals surface area (Å²) in [5, 5.41) is 20.0. The molecular formula is C17H14O5. The molecule has 5 heteroatoms. The number of aromatic hydroxyl groups is 2. The smallest absolute Gasteiger partial charge is 0.238 e. The molecule has 0 amide bonds. The van der Waals surface area contributed by atoms with Gasteiger partial charge in [0.25, 0.3) is 0 Å². The van der Waals surface area contributed by atoms with Gasteiger partial charge in [-0.25, -0.2) is 0 Å². The van der Waals surface area contributed by atoms with E-state index < -0.39 is 11.2 Å². The third kappa shape index (κ3) is 2.07. The van der Waals surface area contributed by atoms with E-state index in [1.54, 1.807) is 37.3 Å². The first-order valence-electron chi connectivity index (χ1n) is 6.65. The Kier molecular flexibility index (Phi) is 3.25. The van der Waals surface area contributed by atoms with Crippen LogP contribution >= 0.6 is 0 Å². The summed E-state index contributed by atoms with van der Waals surface area (Å²) < 4.78 is 10.8. The Balaban J connectivity index is 2.38. The number of phenolic OH excluding ortho intramolecular Hbond substituents is 1. The van der Waals surface area contributed by atoms with E-state index in [-0.39, 0.29) is 22.5 Å². The zero-order chi connectivity index (χ0) is 15.9. The standard InChI is InChI=1S/C17H14O5/c1-9-6-7-12(18)13-14(19)15(20)17(22-16(9)13)10-4-3-5-11(8-10)21-2/h3-8,18,20H,1-2H3. The number of fused-ring (bicyclic) bond motifs is 1. The minimum absolute atomic E-state index is 0.0239. The average molecular weight is 298 g/mol. The third-order valence-electron chi connectivity index (χ3n) is 3.53. The minimum atomic E-state index is -0.666. The Labute approximate surface area is 126 Å². The van der Waals surface area contributed by atoms with E-state index in [4.69, 9.17) is 9.15 Å². The molecule has 0 saturated carbocycles. The summed E-state index contributed by atoms with van der Waals surface area (Å²) in [6, 6.07) is 9.88. The predicted octanol–water partition coefficient (Wildman–Crippen LogP) is 3.19. The lowest BCUT2D eigenvalue weighted by molar-refractivity contribution is 0.414. The number of rotatable bonds is 2. The third-order valence-corrected chi connectivity index (χ3v) is 3.53. The van der Waals surface area contributed by atoms with Crippen LogP contribution in [-0.4, -0.2) is 17.3 Å². The van der Waals surface area contributed by atoms with Crippen molar-refractivity contribution in [3.05, 3.63) is 52.2 Å². The van der Waals surface area contributed by atoms with Crippen LogP contribution in [0.5, 0.6) is 17.2 Å². The number of aryl methyl sites for hydroxylation is 1. The Hall–Kier alpha value is -2.95. The number of hydrogen-bond donors (Lipinski definition) is 2. The molecule has 3 aromatic rings. The largest absolute Gasteiger partial charge is 0.507 e. The van der Waals surface area contributed by atoms with Crippen molar-refractivity contribution < 1.29 is 19.4 Å². The summed E-state index contributed by atoms with van der Waals surface area (Å²) in [5.74, 6) is -0.138. The molecule has 5 nitrogen and oxygen atoms in total. The zero-order valence-electron chi connectivity index (χ0n) is 12.1. The molecule has 22 heavy (non-hydrogen) atoms. The monoisotopic (exact) mass is 298 g/mol. The number of hydrogen-bond acceptors (Lipinski definition) is 5. The van der Waals surface area contributed by atoms with Gasteiger partial charge >= 0.3 is 0 Å². The van der Waals surface area contributed by atoms with Gasteiger partial charge in [-0.2, -0.15) is 0 Å². The van der Waals surface area contributed by atoms with Crippen LogP contribution in [-0.2, 0) is 0 Å². The van der Waals surface area contributed by atoms with Crippen LogP contribution in [0, 0.1) is 6.92 Å². The Bertz CT molecular complexity index is 924. The molecule has 0 spiro atoms. The van der Waals surface area contributed by atoms with Gasteiger partial charge in [0.1, 0.15) is 22.5 Å². The van der Waals surface area contributed by atoms with E-state index in [1.165, 1.54) is 13.2 Å². The lowest BCUT2D eigenvalue weighted by Crippen LogP contribution is -2.03. The summed E-state index contributed by atoms with van der Waals surface area (Å²) in [4.78, 5) is 12.3. The van der Waals surface area contributed by atoms with E-state index in [9.17, 15) is 15.0 Å². The van der Waals surface area contributed by atoms with Crippen molar-refractivity contribution in [3.8, 4) is 28.6 Å². The fourth-order valence-electron chi connectivity index (χ4n) is 2.36. The second-order valence-corrected chi connectivity index (χ2v) is 4.95. The van der Waals surface area contributed by atoms with Gasteiger partial charge in [-0.3, -0.25) is 4.79 Å². The van der Waals surface area contributed by atoms with Crippen LogP contribution < -0.4 is 10.2 Å². The van der Waals surface area contributed by atoms with E-state index in [1.807, 2.05) is 0 Å². The SMILES string of the molecule is COc1cccc(-c2oc3c(C)ccc(O)c3c(=O)c2O)c1. The van der Waals surface area contributed by atoms with Gasteiger partial charge in [0.05, 0.1) is 7.11 Å². The normalized spacial score (nSPS) is 10.8. The summed E-state index contributed by atoms with van der Waals surface area (Å²) in [6.07, 6.45) is 0. The number of methoxy groups -OCH3 is 1. The summed E-state index contributed by atoms with van der Waals surface area (Å²) >= 11 is 0. The highest BCUT2D eigenvalue weighted by Gasteiger charge is 2.19. The highest BCUT2D eigenvalue weighted by atomic mass is 16.5. The molecule has 3 rings (SSSR count). The fraction of sp³-hybridized carbons (Fsp3) is 0.118. The molecule has 0 aliphatic carbocycles. The Morgan fingerprint density at radius 2 is 1.91 bits per heavy atom. The molecule has 0 atom stereocenters. The lowest BCUT2D eigenvalue weighted by atomic mass is 10.1. The number of benzene rings is 2. The first kappa shape index (κ1) is 14.0. The first-order chi connectivity index (χ1) is 10.5. The molecule has 2 N–H and O–H groups in total. The van der Waals surface area contributed by atoms with Crippen molar-refractivity contribution in [2.45, 2.75) is 6.92 Å². The van der Waals surface area contributed by atoms with Crippen LogP contribution in [0.4, 0.5) is 0 Å². The maximum absolute atomic E-state index is 12.3. The van der Waals surface area contributed by atoms with E-state index in [0.29, 0.717) is 16.9 Å². The molecule has 0 saturated heterocycles. The molecule has 2 aromatic carbocycles. The zero-order valence-corrected chi connectivity index (χ0v) is 12.1. The fourth-order valence-corrected chi connectivity index (χ4v) is 2.36. The van der Waals surface area contributed by atoms with Crippen molar-refractivity contribution >= 4 is 11.0 Å². The quantitative estimate of drug-likeness (QED) is 0.759. The molecule has 0 radical (unpaired) electrons. The van der Waals surface area contributed by atoms with Crippen molar-refractivity contribution in [2.75, 3.05) is 7.11 Å². The summed E-state index contributed by atoms with van der Waals surface area (Å²) in [5.41, 5.74) is 0.786. The molecule has 0 aliphatic rings. The Morgan fingerprint density at radius 1 is 1.14 bits per heavy atom. The summed E-state index contributed by atoms with van der Waals surface area (Å²) in [7, 11) is 1.53. The van der Waals surface area contributed by atoms with E-state index >= 15 is 0 Å². The van der Waals surface area contributed by atoms with Crippen molar-refractivity contribution in [1.29, 1.82) is 0 Å². The molecular weight excluding hydrogens is 284 g/mol. The minimum Gasteiger partial charge on any atom is -0.507 e. The highest BCUT2D eigenvalue weighted by molar-refractivity contribution is 5.89. The van der Waals surface area contributed by atoms with Gasteiger partial charge in [0.2, 0.25) is 11.2 Å². The summed E-state index contributed by atoms with van der Waals surface area (Å²) in [6.45, 7) is 1.76. The second kappa shape index (κ2) is 5.11. The maximum Gasteiger partial charge on any atom is 0.238 e.